The molecule has 3 aliphatic heterocycles. The molecular weight excluding hydrogens is 356 g/mol. The summed E-state index contributed by atoms with van der Waals surface area (Å²) in [6, 6.07) is 4.47. The van der Waals surface area contributed by atoms with Gasteiger partial charge in [-0.05, 0) is 25.5 Å². The van der Waals surface area contributed by atoms with E-state index in [1.54, 1.807) is 18.6 Å². The number of aromatic nitrogens is 3. The van der Waals surface area contributed by atoms with Gasteiger partial charge in [-0.25, -0.2) is 14.8 Å². The Kier molecular flexibility index (Phi) is 4.23. The van der Waals surface area contributed by atoms with Gasteiger partial charge in [-0.1, -0.05) is 0 Å². The molecule has 0 spiro atoms. The van der Waals surface area contributed by atoms with Gasteiger partial charge in [0.2, 0.25) is 0 Å². The van der Waals surface area contributed by atoms with Crippen LogP contribution in [0, 0.1) is 0 Å². The molecule has 2 aromatic heterocycles. The number of carbonyl (C=O) groups excluding carboxylic acids is 1. The number of carbonyl (C=O) groups is 1. The number of nitrogens with one attached hydrogen (secondary N) is 2. The Hall–Kier alpha value is -2.94. The van der Waals surface area contributed by atoms with Crippen LogP contribution in [0.15, 0.2) is 30.7 Å². The summed E-state index contributed by atoms with van der Waals surface area (Å²) in [4.78, 5) is 32.7. The smallest absolute Gasteiger partial charge is 0.329 e. The first-order chi connectivity index (χ1) is 13.7. The van der Waals surface area contributed by atoms with Crippen molar-refractivity contribution < 1.29 is 4.79 Å². The lowest BCUT2D eigenvalue weighted by atomic mass is 10.1. The highest BCUT2D eigenvalue weighted by molar-refractivity contribution is 6.04. The van der Waals surface area contributed by atoms with Gasteiger partial charge in [0.25, 0.3) is 0 Å². The Bertz CT molecular complexity index is 875. The number of anilines is 4. The summed E-state index contributed by atoms with van der Waals surface area (Å²) in [5.41, 5.74) is 1.02. The second-order valence-electron chi connectivity index (χ2n) is 7.54. The number of urea groups is 1. The summed E-state index contributed by atoms with van der Waals surface area (Å²) >= 11 is 0. The number of nitrogens with zero attached hydrogens (tertiary/aromatic N) is 6. The average molecular weight is 380 g/mol. The Morgan fingerprint density at radius 1 is 1.29 bits per heavy atom. The Labute approximate surface area is 163 Å². The Morgan fingerprint density at radius 3 is 3.04 bits per heavy atom. The van der Waals surface area contributed by atoms with E-state index in [1.807, 2.05) is 4.90 Å². The molecule has 0 aliphatic carbocycles. The van der Waals surface area contributed by atoms with Crippen LogP contribution in [-0.2, 0) is 0 Å². The molecule has 0 saturated carbocycles. The molecule has 2 saturated heterocycles. The number of amides is 2. The molecule has 3 aliphatic rings. The summed E-state index contributed by atoms with van der Waals surface area (Å²) in [5, 5.41) is 6.28. The van der Waals surface area contributed by atoms with E-state index < -0.39 is 0 Å². The van der Waals surface area contributed by atoms with Crippen LogP contribution < -0.4 is 25.3 Å². The molecule has 2 atom stereocenters. The van der Waals surface area contributed by atoms with Gasteiger partial charge in [-0.3, -0.25) is 15.2 Å². The number of piperazine rings is 1. The molecule has 5 rings (SSSR count). The number of pyridine rings is 1. The molecule has 9 heteroatoms. The first-order valence-electron chi connectivity index (χ1n) is 9.80. The fraction of sp³-hybridized carbons (Fsp3) is 0.474. The van der Waals surface area contributed by atoms with Crippen molar-refractivity contribution in [3.8, 4) is 0 Å². The van der Waals surface area contributed by atoms with E-state index in [0.29, 0.717) is 11.9 Å². The van der Waals surface area contributed by atoms with E-state index in [2.05, 4.69) is 49.5 Å². The Balaban J connectivity index is 1.49. The van der Waals surface area contributed by atoms with Crippen molar-refractivity contribution in [2.24, 2.45) is 0 Å². The lowest BCUT2D eigenvalue weighted by Crippen LogP contribution is -2.51. The molecule has 2 fully saturated rings. The van der Waals surface area contributed by atoms with Crippen molar-refractivity contribution in [3.05, 3.63) is 30.7 Å². The van der Waals surface area contributed by atoms with Gasteiger partial charge in [0.15, 0.2) is 11.6 Å². The maximum Gasteiger partial charge on any atom is 0.329 e. The monoisotopic (exact) mass is 380 g/mol. The van der Waals surface area contributed by atoms with Crippen molar-refractivity contribution in [2.75, 3.05) is 52.7 Å². The van der Waals surface area contributed by atoms with Gasteiger partial charge < -0.3 is 15.1 Å². The maximum atomic E-state index is 13.1. The zero-order valence-corrected chi connectivity index (χ0v) is 15.9. The van der Waals surface area contributed by atoms with E-state index in [-0.39, 0.29) is 12.1 Å². The quantitative estimate of drug-likeness (QED) is 0.812. The zero-order valence-electron chi connectivity index (χ0n) is 15.9. The highest BCUT2D eigenvalue weighted by atomic mass is 16.2. The molecule has 28 heavy (non-hydrogen) atoms. The number of rotatable bonds is 2. The summed E-state index contributed by atoms with van der Waals surface area (Å²) in [6.45, 7) is 6.76. The fourth-order valence-corrected chi connectivity index (χ4v) is 4.34. The van der Waals surface area contributed by atoms with Gasteiger partial charge in [0.05, 0.1) is 17.9 Å². The lowest BCUT2D eigenvalue weighted by Gasteiger charge is -2.38. The zero-order chi connectivity index (χ0) is 19.1. The summed E-state index contributed by atoms with van der Waals surface area (Å²) in [7, 11) is 0. The van der Waals surface area contributed by atoms with Crippen LogP contribution >= 0.6 is 0 Å². The van der Waals surface area contributed by atoms with E-state index in [4.69, 9.17) is 4.98 Å². The van der Waals surface area contributed by atoms with Crippen LogP contribution in [-0.4, -0.2) is 65.8 Å². The molecule has 2 amide bonds. The minimum absolute atomic E-state index is 0.118. The normalized spacial score (nSPS) is 23.5. The molecule has 2 unspecified atom stereocenters. The summed E-state index contributed by atoms with van der Waals surface area (Å²) in [5.74, 6) is 2.10. The SMILES string of the molecule is CC1CNCCN1c1ccc2c(n1)N(C(=O)Nc1cnccn1)C1CCN2C1. The van der Waals surface area contributed by atoms with Crippen LogP contribution in [0.4, 0.5) is 27.9 Å². The minimum atomic E-state index is -0.202. The van der Waals surface area contributed by atoms with Gasteiger partial charge in [0.1, 0.15) is 5.82 Å². The van der Waals surface area contributed by atoms with E-state index in [9.17, 15) is 4.79 Å². The van der Waals surface area contributed by atoms with Gasteiger partial charge in [-0.2, -0.15) is 0 Å². The summed E-state index contributed by atoms with van der Waals surface area (Å²) in [6.07, 6.45) is 5.64. The highest BCUT2D eigenvalue weighted by Gasteiger charge is 2.40. The van der Waals surface area contributed by atoms with Crippen LogP contribution in [0.3, 0.4) is 0 Å². The predicted octanol–water partition coefficient (Wildman–Crippen LogP) is 1.30. The number of fused-ring (bicyclic) bond motifs is 4. The molecule has 0 radical (unpaired) electrons. The van der Waals surface area contributed by atoms with Crippen molar-refractivity contribution >= 4 is 29.2 Å². The average Bonchev–Trinajstić information content (AvgIpc) is 3.13. The van der Waals surface area contributed by atoms with Crippen LogP contribution in [0.2, 0.25) is 0 Å². The van der Waals surface area contributed by atoms with Gasteiger partial charge in [-0.15, -0.1) is 0 Å². The summed E-state index contributed by atoms with van der Waals surface area (Å²) < 4.78 is 0. The van der Waals surface area contributed by atoms with E-state index in [0.717, 1.165) is 56.5 Å². The highest BCUT2D eigenvalue weighted by Crippen LogP contribution is 2.40. The van der Waals surface area contributed by atoms with E-state index in [1.165, 1.54) is 0 Å². The van der Waals surface area contributed by atoms with Gasteiger partial charge >= 0.3 is 6.03 Å². The first kappa shape index (κ1) is 17.2. The third-order valence-electron chi connectivity index (χ3n) is 5.75. The molecule has 0 aromatic carbocycles. The Morgan fingerprint density at radius 2 is 2.21 bits per heavy atom. The van der Waals surface area contributed by atoms with Crippen LogP contribution in [0.25, 0.3) is 0 Å². The maximum absolute atomic E-state index is 13.1. The topological polar surface area (TPSA) is 89.5 Å². The second-order valence-corrected chi connectivity index (χ2v) is 7.54. The van der Waals surface area contributed by atoms with Crippen molar-refractivity contribution in [3.63, 3.8) is 0 Å². The van der Waals surface area contributed by atoms with Crippen molar-refractivity contribution in [1.82, 2.24) is 20.3 Å². The molecular formula is C19H24N8O. The minimum Gasteiger partial charge on any atom is -0.366 e. The molecule has 2 aromatic rings. The predicted molar refractivity (Wildman–Crippen MR) is 108 cm³/mol. The third-order valence-corrected chi connectivity index (χ3v) is 5.75. The third kappa shape index (κ3) is 2.91. The number of hydrogen-bond donors (Lipinski definition) is 2. The molecule has 2 bridgehead atoms. The first-order valence-corrected chi connectivity index (χ1v) is 9.80. The standard InChI is InChI=1S/C19H24N8O/c1-13-10-21-7-9-26(13)17-3-2-15-18(24-17)27(14-4-8-25(15)12-14)19(28)23-16-11-20-5-6-22-16/h2-3,5-6,11,13-14,21H,4,7-10,12H2,1H3,(H,22,23,28). The van der Waals surface area contributed by atoms with Crippen LogP contribution in [0.5, 0.6) is 0 Å². The second kappa shape index (κ2) is 6.90. The molecule has 5 heterocycles. The lowest BCUT2D eigenvalue weighted by molar-refractivity contribution is 0.254. The van der Waals surface area contributed by atoms with Gasteiger partial charge in [0, 0.05) is 51.2 Å². The number of hydrogen-bond acceptors (Lipinski definition) is 7. The fourth-order valence-electron chi connectivity index (χ4n) is 4.34. The molecule has 2 N–H and O–H groups in total. The van der Waals surface area contributed by atoms with E-state index >= 15 is 0 Å². The largest absolute Gasteiger partial charge is 0.366 e. The molecule has 9 nitrogen and oxygen atoms in total. The van der Waals surface area contributed by atoms with Crippen LogP contribution in [0.1, 0.15) is 13.3 Å². The van der Waals surface area contributed by atoms with Crippen molar-refractivity contribution in [1.29, 1.82) is 0 Å². The molecule has 146 valence electrons. The van der Waals surface area contributed by atoms with Crippen molar-refractivity contribution in [2.45, 2.75) is 25.4 Å².